The van der Waals surface area contributed by atoms with Gasteiger partial charge in [-0.05, 0) is 56.9 Å². The highest BCUT2D eigenvalue weighted by Gasteiger charge is 2.23. The van der Waals surface area contributed by atoms with Crippen molar-refractivity contribution in [3.05, 3.63) is 47.5 Å². The standard InChI is InChI=1S/C24H31N9O/c1-18-20(6-9-23(34)31-14-16-32(17-15-31)24-25-10-5-11-26-24)19(2)33(29-18)22-8-7-21(27-28-22)30-12-3-4-13-30/h5,7-8,10-11H,3-4,6,9,12-17H2,1-2H3. The van der Waals surface area contributed by atoms with E-state index in [1.54, 1.807) is 12.4 Å². The summed E-state index contributed by atoms with van der Waals surface area (Å²) in [4.78, 5) is 27.8. The molecule has 10 nitrogen and oxygen atoms in total. The molecule has 1 amide bonds. The molecule has 3 aromatic heterocycles. The van der Waals surface area contributed by atoms with Crippen molar-refractivity contribution in [2.75, 3.05) is 49.1 Å². The van der Waals surface area contributed by atoms with Gasteiger partial charge in [0.1, 0.15) is 0 Å². The minimum atomic E-state index is 0.176. The largest absolute Gasteiger partial charge is 0.355 e. The van der Waals surface area contributed by atoms with Crippen LogP contribution in [-0.2, 0) is 11.2 Å². The van der Waals surface area contributed by atoms with Gasteiger partial charge in [-0.25, -0.2) is 14.6 Å². The molecule has 0 aliphatic carbocycles. The second-order valence-electron chi connectivity index (χ2n) is 8.92. The first kappa shape index (κ1) is 22.2. The summed E-state index contributed by atoms with van der Waals surface area (Å²) < 4.78 is 1.84. The van der Waals surface area contributed by atoms with Crippen LogP contribution in [0.2, 0.25) is 0 Å². The first-order chi connectivity index (χ1) is 16.6. The van der Waals surface area contributed by atoms with Gasteiger partial charge in [-0.2, -0.15) is 5.10 Å². The molecule has 0 aromatic carbocycles. The summed E-state index contributed by atoms with van der Waals surface area (Å²) in [5.74, 6) is 2.53. The maximum absolute atomic E-state index is 12.9. The molecule has 2 aliphatic rings. The lowest BCUT2D eigenvalue weighted by atomic mass is 10.1. The monoisotopic (exact) mass is 461 g/mol. The summed E-state index contributed by atoms with van der Waals surface area (Å²) in [7, 11) is 0. The first-order valence-corrected chi connectivity index (χ1v) is 12.0. The van der Waals surface area contributed by atoms with Gasteiger partial charge in [0.25, 0.3) is 0 Å². The van der Waals surface area contributed by atoms with Crippen molar-refractivity contribution in [2.24, 2.45) is 0 Å². The lowest BCUT2D eigenvalue weighted by Gasteiger charge is -2.34. The quantitative estimate of drug-likeness (QED) is 0.550. The van der Waals surface area contributed by atoms with Crippen molar-refractivity contribution in [3.8, 4) is 5.82 Å². The molecule has 0 spiro atoms. The molecule has 3 aromatic rings. The molecule has 2 fully saturated rings. The number of aromatic nitrogens is 6. The Morgan fingerprint density at radius 1 is 0.882 bits per heavy atom. The fourth-order valence-corrected chi connectivity index (χ4v) is 4.81. The van der Waals surface area contributed by atoms with Gasteiger partial charge >= 0.3 is 0 Å². The van der Waals surface area contributed by atoms with E-state index in [2.05, 4.69) is 30.0 Å². The van der Waals surface area contributed by atoms with Crippen LogP contribution >= 0.6 is 0 Å². The fraction of sp³-hybridized carbons (Fsp3) is 0.500. The summed E-state index contributed by atoms with van der Waals surface area (Å²) >= 11 is 0. The zero-order valence-electron chi connectivity index (χ0n) is 19.9. The van der Waals surface area contributed by atoms with Crippen LogP contribution in [0.1, 0.15) is 36.2 Å². The van der Waals surface area contributed by atoms with Gasteiger partial charge in [-0.3, -0.25) is 4.79 Å². The van der Waals surface area contributed by atoms with E-state index >= 15 is 0 Å². The minimum Gasteiger partial charge on any atom is -0.355 e. The van der Waals surface area contributed by atoms with Gasteiger partial charge < -0.3 is 14.7 Å². The Balaban J connectivity index is 1.19. The number of carbonyl (C=O) groups is 1. The average Bonchev–Trinajstić information content (AvgIpc) is 3.52. The number of amides is 1. The maximum atomic E-state index is 12.9. The smallest absolute Gasteiger partial charge is 0.225 e. The third-order valence-electron chi connectivity index (χ3n) is 6.78. The zero-order chi connectivity index (χ0) is 23.5. The Kier molecular flexibility index (Phi) is 6.37. The summed E-state index contributed by atoms with van der Waals surface area (Å²) in [6, 6.07) is 5.81. The number of piperazine rings is 1. The number of carbonyl (C=O) groups excluding carboxylic acids is 1. The lowest BCUT2D eigenvalue weighted by Crippen LogP contribution is -2.49. The van der Waals surface area contributed by atoms with Gasteiger partial charge in [-0.15, -0.1) is 10.2 Å². The van der Waals surface area contributed by atoms with Crippen molar-refractivity contribution in [1.29, 1.82) is 0 Å². The third-order valence-corrected chi connectivity index (χ3v) is 6.78. The zero-order valence-corrected chi connectivity index (χ0v) is 19.9. The van der Waals surface area contributed by atoms with Gasteiger partial charge in [-0.1, -0.05) is 0 Å². The summed E-state index contributed by atoms with van der Waals surface area (Å²) in [6.07, 6.45) is 7.04. The van der Waals surface area contributed by atoms with Crippen LogP contribution in [0, 0.1) is 13.8 Å². The van der Waals surface area contributed by atoms with E-state index in [1.807, 2.05) is 41.6 Å². The van der Waals surface area contributed by atoms with Crippen molar-refractivity contribution >= 4 is 17.7 Å². The summed E-state index contributed by atoms with van der Waals surface area (Å²) in [5.41, 5.74) is 3.05. The fourth-order valence-electron chi connectivity index (χ4n) is 4.81. The highest BCUT2D eigenvalue weighted by molar-refractivity contribution is 5.76. The Hall–Kier alpha value is -3.56. The summed E-state index contributed by atoms with van der Waals surface area (Å²) in [6.45, 7) is 8.99. The van der Waals surface area contributed by atoms with Crippen LogP contribution in [0.25, 0.3) is 5.82 Å². The molecule has 0 atom stereocenters. The van der Waals surface area contributed by atoms with Crippen LogP contribution in [0.15, 0.2) is 30.6 Å². The number of hydrogen-bond acceptors (Lipinski definition) is 8. The molecule has 5 heterocycles. The molecule has 5 rings (SSSR count). The molecular weight excluding hydrogens is 430 g/mol. The molecular formula is C24H31N9O. The topological polar surface area (TPSA) is 96.2 Å². The Labute approximate surface area is 199 Å². The molecule has 0 bridgehead atoms. The Bertz CT molecular complexity index is 1120. The van der Waals surface area contributed by atoms with Crippen molar-refractivity contribution in [3.63, 3.8) is 0 Å². The number of aryl methyl sites for hydroxylation is 1. The van der Waals surface area contributed by atoms with Gasteiger partial charge in [0.05, 0.1) is 5.69 Å². The van der Waals surface area contributed by atoms with E-state index in [0.29, 0.717) is 31.7 Å². The van der Waals surface area contributed by atoms with E-state index in [1.165, 1.54) is 12.8 Å². The second kappa shape index (κ2) is 9.74. The Morgan fingerprint density at radius 2 is 1.56 bits per heavy atom. The molecule has 10 heteroatoms. The average molecular weight is 462 g/mol. The van der Waals surface area contributed by atoms with Crippen LogP contribution in [0.3, 0.4) is 0 Å². The van der Waals surface area contributed by atoms with E-state index in [4.69, 9.17) is 5.10 Å². The van der Waals surface area contributed by atoms with E-state index in [0.717, 1.165) is 54.9 Å². The van der Waals surface area contributed by atoms with E-state index in [-0.39, 0.29) is 5.91 Å². The van der Waals surface area contributed by atoms with Crippen molar-refractivity contribution < 1.29 is 4.79 Å². The molecule has 0 radical (unpaired) electrons. The van der Waals surface area contributed by atoms with Crippen LogP contribution < -0.4 is 9.80 Å². The summed E-state index contributed by atoms with van der Waals surface area (Å²) in [5, 5.41) is 13.5. The third kappa shape index (κ3) is 4.57. The van der Waals surface area contributed by atoms with Crippen LogP contribution in [0.4, 0.5) is 11.8 Å². The highest BCUT2D eigenvalue weighted by atomic mass is 16.2. The van der Waals surface area contributed by atoms with Gasteiger partial charge in [0.2, 0.25) is 11.9 Å². The van der Waals surface area contributed by atoms with E-state index < -0.39 is 0 Å². The molecule has 34 heavy (non-hydrogen) atoms. The highest BCUT2D eigenvalue weighted by Crippen LogP contribution is 2.21. The van der Waals surface area contributed by atoms with Crippen LogP contribution in [-0.4, -0.2) is 80.0 Å². The predicted octanol–water partition coefficient (Wildman–Crippen LogP) is 1.95. The van der Waals surface area contributed by atoms with Crippen molar-refractivity contribution in [1.82, 2.24) is 34.8 Å². The molecule has 178 valence electrons. The second-order valence-corrected chi connectivity index (χ2v) is 8.92. The minimum absolute atomic E-state index is 0.176. The first-order valence-electron chi connectivity index (χ1n) is 12.0. The molecule has 2 saturated heterocycles. The van der Waals surface area contributed by atoms with Crippen molar-refractivity contribution in [2.45, 2.75) is 39.5 Å². The SMILES string of the molecule is Cc1nn(-c2ccc(N3CCCC3)nn2)c(C)c1CCC(=O)N1CCN(c2ncccn2)CC1. The van der Waals surface area contributed by atoms with Gasteiger partial charge in [0, 0.05) is 63.8 Å². The Morgan fingerprint density at radius 3 is 2.24 bits per heavy atom. The molecule has 0 saturated carbocycles. The lowest BCUT2D eigenvalue weighted by molar-refractivity contribution is -0.131. The van der Waals surface area contributed by atoms with Crippen LogP contribution in [0.5, 0.6) is 0 Å². The normalized spacial score (nSPS) is 16.4. The number of hydrogen-bond donors (Lipinski definition) is 0. The number of nitrogens with zero attached hydrogens (tertiary/aromatic N) is 9. The number of anilines is 2. The predicted molar refractivity (Wildman–Crippen MR) is 129 cm³/mol. The van der Waals surface area contributed by atoms with E-state index in [9.17, 15) is 4.79 Å². The molecule has 0 N–H and O–H groups in total. The maximum Gasteiger partial charge on any atom is 0.225 e. The molecule has 2 aliphatic heterocycles. The van der Waals surface area contributed by atoms with Gasteiger partial charge in [0.15, 0.2) is 11.6 Å². The number of rotatable bonds is 6. The molecule has 0 unspecified atom stereocenters.